The number of piperidine rings is 1. The molecule has 2 N–H and O–H groups in total. The van der Waals surface area contributed by atoms with Crippen LogP contribution in [-0.4, -0.2) is 88.8 Å². The van der Waals surface area contributed by atoms with E-state index in [9.17, 15) is 19.2 Å². The van der Waals surface area contributed by atoms with E-state index >= 15 is 0 Å². The van der Waals surface area contributed by atoms with Crippen LogP contribution in [0.4, 0.5) is 0 Å². The van der Waals surface area contributed by atoms with Crippen LogP contribution in [0.3, 0.4) is 0 Å². The molecule has 11 nitrogen and oxygen atoms in total. The van der Waals surface area contributed by atoms with E-state index in [2.05, 4.69) is 20.6 Å². The summed E-state index contributed by atoms with van der Waals surface area (Å²) in [5.74, 6) is -0.856. The Morgan fingerprint density at radius 3 is 2.59 bits per heavy atom. The summed E-state index contributed by atoms with van der Waals surface area (Å²) < 4.78 is 5.15. The van der Waals surface area contributed by atoms with Crippen molar-refractivity contribution in [3.05, 3.63) is 54.1 Å². The number of nitrogens with zero attached hydrogens (tertiary/aromatic N) is 4. The topological polar surface area (TPSA) is 134 Å². The number of carbonyl (C=O) groups excluding carboxylic acids is 4. The average molecular weight is 466 g/mol. The van der Waals surface area contributed by atoms with Crippen molar-refractivity contribution in [1.82, 2.24) is 30.4 Å². The zero-order chi connectivity index (χ0) is 24.1. The van der Waals surface area contributed by atoms with Gasteiger partial charge in [-0.05, 0) is 37.1 Å². The van der Waals surface area contributed by atoms with Crippen molar-refractivity contribution in [2.75, 3.05) is 33.3 Å². The van der Waals surface area contributed by atoms with E-state index in [-0.39, 0.29) is 43.0 Å². The Bertz CT molecular complexity index is 1060. The van der Waals surface area contributed by atoms with E-state index in [1.807, 2.05) is 0 Å². The molecule has 0 radical (unpaired) electrons. The first-order valence-corrected chi connectivity index (χ1v) is 11.1. The fraction of sp³-hybridized carbons (Fsp3) is 0.391. The number of ether oxygens (including phenoxy) is 1. The Kier molecular flexibility index (Phi) is 7.00. The van der Waals surface area contributed by atoms with Crippen molar-refractivity contribution >= 4 is 23.6 Å². The number of rotatable bonds is 5. The third-order valence-corrected chi connectivity index (χ3v) is 5.95. The van der Waals surface area contributed by atoms with Gasteiger partial charge >= 0.3 is 0 Å². The molecule has 2 fully saturated rings. The Morgan fingerprint density at radius 2 is 1.91 bits per heavy atom. The van der Waals surface area contributed by atoms with Gasteiger partial charge in [0.15, 0.2) is 0 Å². The summed E-state index contributed by atoms with van der Waals surface area (Å²) in [6.45, 7) is 0.908. The van der Waals surface area contributed by atoms with Crippen molar-refractivity contribution in [2.45, 2.75) is 24.9 Å². The Balaban J connectivity index is 1.56. The minimum absolute atomic E-state index is 0.0303. The summed E-state index contributed by atoms with van der Waals surface area (Å²) in [7, 11) is 1.53. The second-order valence-corrected chi connectivity index (χ2v) is 8.08. The van der Waals surface area contributed by atoms with Crippen molar-refractivity contribution in [3.8, 4) is 5.75 Å². The maximum absolute atomic E-state index is 13.3. The second kappa shape index (κ2) is 10.3. The van der Waals surface area contributed by atoms with Crippen molar-refractivity contribution in [3.63, 3.8) is 0 Å². The molecule has 1 aromatic heterocycles. The van der Waals surface area contributed by atoms with Gasteiger partial charge in [-0.2, -0.15) is 0 Å². The molecule has 2 saturated heterocycles. The Morgan fingerprint density at radius 1 is 1.12 bits per heavy atom. The lowest BCUT2D eigenvalue weighted by Gasteiger charge is -2.41. The fourth-order valence-corrected chi connectivity index (χ4v) is 4.08. The Labute approximate surface area is 196 Å². The number of nitrogens with one attached hydrogen (secondary N) is 2. The third kappa shape index (κ3) is 4.98. The SMILES string of the molecule is COc1ccc(C(=O)N2CCN(C(=O)c3cnccn3)C[C@@H]2C(=O)N[C@H]2CCCNC2=O)cc1. The molecule has 0 aliphatic carbocycles. The number of hydrogen-bond acceptors (Lipinski definition) is 7. The molecule has 4 rings (SSSR count). The van der Waals surface area contributed by atoms with Gasteiger partial charge in [0.1, 0.15) is 23.5 Å². The molecule has 2 aromatic rings. The number of amides is 4. The summed E-state index contributed by atoms with van der Waals surface area (Å²) in [5, 5.41) is 5.50. The first-order chi connectivity index (χ1) is 16.5. The van der Waals surface area contributed by atoms with Gasteiger partial charge in [0.25, 0.3) is 11.8 Å². The molecule has 2 atom stereocenters. The molecule has 11 heteroatoms. The quantitative estimate of drug-likeness (QED) is 0.626. The van der Waals surface area contributed by atoms with Gasteiger partial charge in [0.2, 0.25) is 11.8 Å². The zero-order valence-corrected chi connectivity index (χ0v) is 18.8. The van der Waals surface area contributed by atoms with Crippen LogP contribution in [0.25, 0.3) is 0 Å². The van der Waals surface area contributed by atoms with Crippen LogP contribution in [0.15, 0.2) is 42.9 Å². The lowest BCUT2D eigenvalue weighted by molar-refractivity contribution is -0.133. The summed E-state index contributed by atoms with van der Waals surface area (Å²) >= 11 is 0. The predicted octanol–water partition coefficient (Wildman–Crippen LogP) is -0.153. The van der Waals surface area contributed by atoms with Crippen molar-refractivity contribution in [2.24, 2.45) is 0 Å². The molecule has 4 amide bonds. The molecule has 1 aromatic carbocycles. The highest BCUT2D eigenvalue weighted by Gasteiger charge is 2.39. The average Bonchev–Trinajstić information content (AvgIpc) is 2.89. The van der Waals surface area contributed by atoms with Gasteiger partial charge in [-0.3, -0.25) is 24.2 Å². The van der Waals surface area contributed by atoms with E-state index in [4.69, 9.17) is 4.74 Å². The highest BCUT2D eigenvalue weighted by Crippen LogP contribution is 2.19. The molecule has 2 aliphatic rings. The molecule has 34 heavy (non-hydrogen) atoms. The molecule has 2 aliphatic heterocycles. The van der Waals surface area contributed by atoms with Crippen LogP contribution in [-0.2, 0) is 9.59 Å². The van der Waals surface area contributed by atoms with Crippen LogP contribution < -0.4 is 15.4 Å². The highest BCUT2D eigenvalue weighted by molar-refractivity contribution is 5.99. The summed E-state index contributed by atoms with van der Waals surface area (Å²) in [5.41, 5.74) is 0.547. The molecule has 0 saturated carbocycles. The zero-order valence-electron chi connectivity index (χ0n) is 18.8. The number of piperazine rings is 1. The molecule has 0 spiro atoms. The molecule has 0 unspecified atom stereocenters. The first kappa shape index (κ1) is 23.1. The van der Waals surface area contributed by atoms with Gasteiger partial charge in [-0.1, -0.05) is 0 Å². The van der Waals surface area contributed by atoms with Gasteiger partial charge in [0.05, 0.1) is 19.9 Å². The molecular formula is C23H26N6O5. The van der Waals surface area contributed by atoms with E-state index < -0.39 is 18.0 Å². The molecular weight excluding hydrogens is 440 g/mol. The summed E-state index contributed by atoms with van der Waals surface area (Å²) in [6.07, 6.45) is 5.50. The van der Waals surface area contributed by atoms with E-state index in [1.165, 1.54) is 35.5 Å². The van der Waals surface area contributed by atoms with Crippen molar-refractivity contribution < 1.29 is 23.9 Å². The van der Waals surface area contributed by atoms with Gasteiger partial charge in [0, 0.05) is 37.6 Å². The lowest BCUT2D eigenvalue weighted by atomic mass is 10.0. The lowest BCUT2D eigenvalue weighted by Crippen LogP contribution is -2.63. The third-order valence-electron chi connectivity index (χ3n) is 5.95. The van der Waals surface area contributed by atoms with Crippen LogP contribution in [0.2, 0.25) is 0 Å². The van der Waals surface area contributed by atoms with Crippen molar-refractivity contribution in [1.29, 1.82) is 0 Å². The van der Waals surface area contributed by atoms with Crippen LogP contribution in [0.5, 0.6) is 5.75 Å². The maximum atomic E-state index is 13.3. The van der Waals surface area contributed by atoms with E-state index in [0.29, 0.717) is 24.3 Å². The smallest absolute Gasteiger partial charge is 0.274 e. The van der Waals surface area contributed by atoms with E-state index in [0.717, 1.165) is 6.42 Å². The van der Waals surface area contributed by atoms with Crippen LogP contribution in [0.1, 0.15) is 33.7 Å². The number of carbonyl (C=O) groups is 4. The number of aromatic nitrogens is 2. The van der Waals surface area contributed by atoms with Crippen LogP contribution >= 0.6 is 0 Å². The molecule has 0 bridgehead atoms. The number of methoxy groups -OCH3 is 1. The monoisotopic (exact) mass is 466 g/mol. The Hall–Kier alpha value is -4.02. The van der Waals surface area contributed by atoms with E-state index in [1.54, 1.807) is 24.3 Å². The predicted molar refractivity (Wildman–Crippen MR) is 120 cm³/mol. The second-order valence-electron chi connectivity index (χ2n) is 8.08. The van der Waals surface area contributed by atoms with Gasteiger partial charge in [-0.15, -0.1) is 0 Å². The highest BCUT2D eigenvalue weighted by atomic mass is 16.5. The van der Waals surface area contributed by atoms with Gasteiger partial charge < -0.3 is 25.2 Å². The first-order valence-electron chi connectivity index (χ1n) is 11.1. The molecule has 3 heterocycles. The molecule has 178 valence electrons. The largest absolute Gasteiger partial charge is 0.497 e. The minimum Gasteiger partial charge on any atom is -0.497 e. The fourth-order valence-electron chi connectivity index (χ4n) is 4.08. The minimum atomic E-state index is -0.973. The summed E-state index contributed by atoms with van der Waals surface area (Å²) in [4.78, 5) is 62.6. The maximum Gasteiger partial charge on any atom is 0.274 e. The standard InChI is InChI=1S/C23H26N6O5/c1-34-16-6-4-15(5-7-16)22(32)29-12-11-28(23(33)18-13-24-9-10-25-18)14-19(29)21(31)27-17-3-2-8-26-20(17)30/h4-7,9-10,13,17,19H,2-3,8,11-12,14H2,1H3,(H,26,30)(H,27,31)/t17-,19+/m0/s1. The number of hydrogen-bond donors (Lipinski definition) is 2. The summed E-state index contributed by atoms with van der Waals surface area (Å²) in [6, 6.07) is 4.94. The number of benzene rings is 1. The van der Waals surface area contributed by atoms with Crippen LogP contribution in [0, 0.1) is 0 Å². The van der Waals surface area contributed by atoms with Gasteiger partial charge in [-0.25, -0.2) is 4.98 Å². The normalized spacial score (nSPS) is 20.3.